The van der Waals surface area contributed by atoms with Crippen molar-refractivity contribution >= 4 is 34.8 Å². The molecule has 0 unspecified atom stereocenters. The summed E-state index contributed by atoms with van der Waals surface area (Å²) in [6.45, 7) is 0. The van der Waals surface area contributed by atoms with Crippen LogP contribution in [-0.4, -0.2) is 22.9 Å². The van der Waals surface area contributed by atoms with Gasteiger partial charge in [-0.1, -0.05) is 0 Å². The molecule has 0 spiro atoms. The summed E-state index contributed by atoms with van der Waals surface area (Å²) in [5, 5.41) is 16.9. The van der Waals surface area contributed by atoms with E-state index < -0.39 is 5.97 Å². The lowest BCUT2D eigenvalue weighted by Gasteiger charge is -2.13. The van der Waals surface area contributed by atoms with Gasteiger partial charge in [0.1, 0.15) is 0 Å². The zero-order valence-corrected chi connectivity index (χ0v) is 12.3. The Morgan fingerprint density at radius 3 is 1.71 bits per heavy atom. The fourth-order valence-electron chi connectivity index (χ4n) is 2.11. The van der Waals surface area contributed by atoms with Crippen molar-refractivity contribution in [1.82, 2.24) is 0 Å². The smallest absolute Gasteiger partial charge is 0.335 e. The van der Waals surface area contributed by atoms with Crippen LogP contribution in [0.2, 0.25) is 0 Å². The highest BCUT2D eigenvalue weighted by atomic mass is 16.4. The van der Waals surface area contributed by atoms with E-state index in [-0.39, 0.29) is 17.4 Å². The number of hydrogen-bond acceptors (Lipinski definition) is 5. The minimum atomic E-state index is -1.01. The quantitative estimate of drug-likeness (QED) is 0.690. The highest BCUT2D eigenvalue weighted by Crippen LogP contribution is 2.24. The number of rotatable bonds is 4. The Bertz CT molecular complexity index is 850. The third kappa shape index (κ3) is 3.09. The van der Waals surface area contributed by atoms with E-state index in [1.165, 1.54) is 24.3 Å². The first-order valence-corrected chi connectivity index (χ1v) is 6.96. The van der Waals surface area contributed by atoms with E-state index >= 15 is 0 Å². The van der Waals surface area contributed by atoms with Crippen LogP contribution in [0, 0.1) is 0 Å². The summed E-state index contributed by atoms with van der Waals surface area (Å²) >= 11 is 0. The maximum atomic E-state index is 11.6. The molecule has 2 amide bonds. The molecule has 0 saturated heterocycles. The highest BCUT2D eigenvalue weighted by Gasteiger charge is 2.24. The van der Waals surface area contributed by atoms with Gasteiger partial charge >= 0.3 is 5.97 Å². The molecule has 0 radical (unpaired) electrons. The summed E-state index contributed by atoms with van der Waals surface area (Å²) in [6.07, 6.45) is 2.44. The third-order valence-electron chi connectivity index (χ3n) is 3.31. The second-order valence-electron chi connectivity index (χ2n) is 4.91. The molecule has 7 nitrogen and oxygen atoms in total. The van der Waals surface area contributed by atoms with Crippen molar-refractivity contribution in [2.24, 2.45) is 10.2 Å². The first kappa shape index (κ1) is 15.3. The largest absolute Gasteiger partial charge is 0.478 e. The van der Waals surface area contributed by atoms with Crippen LogP contribution in [0.1, 0.15) is 10.4 Å². The summed E-state index contributed by atoms with van der Waals surface area (Å²) in [6, 6.07) is 12.4. The summed E-state index contributed by atoms with van der Waals surface area (Å²) in [5.74, 6) is -1.77. The van der Waals surface area contributed by atoms with Crippen molar-refractivity contribution in [1.29, 1.82) is 0 Å². The van der Waals surface area contributed by atoms with Crippen LogP contribution in [0.25, 0.3) is 0 Å². The number of nitrogens with zero attached hydrogens (tertiary/aromatic N) is 3. The molecule has 24 heavy (non-hydrogen) atoms. The Morgan fingerprint density at radius 2 is 1.25 bits per heavy atom. The number of carboxylic acid groups (broad SMARTS) is 1. The average Bonchev–Trinajstić information content (AvgIpc) is 2.92. The van der Waals surface area contributed by atoms with Crippen LogP contribution in [0.5, 0.6) is 0 Å². The Labute approximate surface area is 136 Å². The van der Waals surface area contributed by atoms with E-state index in [4.69, 9.17) is 5.11 Å². The average molecular weight is 321 g/mol. The van der Waals surface area contributed by atoms with Crippen LogP contribution in [0.4, 0.5) is 17.1 Å². The van der Waals surface area contributed by atoms with Crippen molar-refractivity contribution in [3.63, 3.8) is 0 Å². The minimum Gasteiger partial charge on any atom is -0.478 e. The van der Waals surface area contributed by atoms with Gasteiger partial charge in [-0.05, 0) is 48.5 Å². The lowest BCUT2D eigenvalue weighted by atomic mass is 10.2. The van der Waals surface area contributed by atoms with Crippen molar-refractivity contribution in [2.75, 3.05) is 4.90 Å². The van der Waals surface area contributed by atoms with Crippen molar-refractivity contribution in [2.45, 2.75) is 0 Å². The summed E-state index contributed by atoms with van der Waals surface area (Å²) in [7, 11) is 0. The third-order valence-corrected chi connectivity index (χ3v) is 3.31. The standard InChI is InChI=1S/C17H11N3O4/c21-15-9-10-16(22)20(15)14-7-5-13(6-8-14)19-18-12-3-1-11(2-4-12)17(23)24/h1-10H,(H,23,24). The van der Waals surface area contributed by atoms with Gasteiger partial charge < -0.3 is 5.11 Å². The Morgan fingerprint density at radius 1 is 0.792 bits per heavy atom. The van der Waals surface area contributed by atoms with E-state index in [2.05, 4.69) is 10.2 Å². The lowest BCUT2D eigenvalue weighted by Crippen LogP contribution is -2.29. The molecule has 0 fully saturated rings. The number of hydrogen-bond donors (Lipinski definition) is 1. The second-order valence-corrected chi connectivity index (χ2v) is 4.91. The molecule has 3 rings (SSSR count). The van der Waals surface area contributed by atoms with E-state index in [1.807, 2.05) is 0 Å². The number of anilines is 1. The van der Waals surface area contributed by atoms with Gasteiger partial charge in [0.2, 0.25) is 0 Å². The zero-order chi connectivity index (χ0) is 17.1. The topological polar surface area (TPSA) is 99.4 Å². The number of aromatic carboxylic acids is 1. The number of carbonyl (C=O) groups excluding carboxylic acids is 2. The zero-order valence-electron chi connectivity index (χ0n) is 12.3. The fraction of sp³-hybridized carbons (Fsp3) is 0. The maximum absolute atomic E-state index is 11.6. The molecule has 7 heteroatoms. The number of imide groups is 1. The molecule has 0 bridgehead atoms. The molecule has 1 N–H and O–H groups in total. The molecular formula is C17H11N3O4. The molecule has 1 heterocycles. The molecular weight excluding hydrogens is 310 g/mol. The van der Waals surface area contributed by atoms with Gasteiger partial charge in [0.25, 0.3) is 11.8 Å². The number of azo groups is 1. The highest BCUT2D eigenvalue weighted by molar-refractivity contribution is 6.28. The predicted molar refractivity (Wildman–Crippen MR) is 85.7 cm³/mol. The van der Waals surface area contributed by atoms with E-state index in [9.17, 15) is 14.4 Å². The first-order chi connectivity index (χ1) is 11.5. The lowest BCUT2D eigenvalue weighted by molar-refractivity contribution is -0.119. The van der Waals surface area contributed by atoms with Crippen LogP contribution in [-0.2, 0) is 9.59 Å². The maximum Gasteiger partial charge on any atom is 0.335 e. The van der Waals surface area contributed by atoms with Crippen molar-refractivity contribution in [3.8, 4) is 0 Å². The van der Waals surface area contributed by atoms with Gasteiger partial charge in [-0.3, -0.25) is 9.59 Å². The van der Waals surface area contributed by atoms with Crippen LogP contribution in [0.3, 0.4) is 0 Å². The van der Waals surface area contributed by atoms with E-state index in [0.29, 0.717) is 17.1 Å². The van der Waals surface area contributed by atoms with E-state index in [0.717, 1.165) is 4.90 Å². The van der Waals surface area contributed by atoms with Crippen molar-refractivity contribution in [3.05, 3.63) is 66.2 Å². The summed E-state index contributed by atoms with van der Waals surface area (Å²) in [4.78, 5) is 35.0. The van der Waals surface area contributed by atoms with Gasteiger partial charge in [0.05, 0.1) is 22.6 Å². The number of benzene rings is 2. The van der Waals surface area contributed by atoms with Crippen LogP contribution < -0.4 is 4.90 Å². The van der Waals surface area contributed by atoms with Gasteiger partial charge in [0, 0.05) is 12.2 Å². The molecule has 118 valence electrons. The Kier molecular flexibility index (Phi) is 3.98. The normalized spacial score (nSPS) is 13.9. The fourth-order valence-corrected chi connectivity index (χ4v) is 2.11. The SMILES string of the molecule is O=C(O)c1ccc(N=Nc2ccc(N3C(=O)C=CC3=O)cc2)cc1. The van der Waals surface area contributed by atoms with Crippen LogP contribution in [0.15, 0.2) is 70.9 Å². The van der Waals surface area contributed by atoms with Gasteiger partial charge in [-0.15, -0.1) is 0 Å². The summed E-state index contributed by atoms with van der Waals surface area (Å²) < 4.78 is 0. The second kappa shape index (κ2) is 6.25. The Hall–Kier alpha value is -3.61. The number of amides is 2. The molecule has 0 aromatic heterocycles. The van der Waals surface area contributed by atoms with Gasteiger partial charge in [-0.25, -0.2) is 9.69 Å². The molecule has 0 aliphatic carbocycles. The summed E-state index contributed by atoms with van der Waals surface area (Å²) in [5.41, 5.74) is 1.68. The minimum absolute atomic E-state index is 0.173. The van der Waals surface area contributed by atoms with Gasteiger partial charge in [-0.2, -0.15) is 10.2 Å². The Balaban J connectivity index is 1.73. The molecule has 1 aliphatic rings. The molecule has 0 saturated carbocycles. The van der Waals surface area contributed by atoms with E-state index in [1.54, 1.807) is 36.4 Å². The molecule has 2 aromatic carbocycles. The number of carboxylic acids is 1. The van der Waals surface area contributed by atoms with Gasteiger partial charge in [0.15, 0.2) is 0 Å². The molecule has 2 aromatic rings. The van der Waals surface area contributed by atoms with Crippen molar-refractivity contribution < 1.29 is 19.5 Å². The molecule has 1 aliphatic heterocycles. The first-order valence-electron chi connectivity index (χ1n) is 6.96. The monoisotopic (exact) mass is 321 g/mol. The molecule has 0 atom stereocenters. The van der Waals surface area contributed by atoms with Crippen LogP contribution >= 0.6 is 0 Å². The number of carbonyl (C=O) groups is 3. The predicted octanol–water partition coefficient (Wildman–Crippen LogP) is 3.23.